The molecule has 0 N–H and O–H groups in total. The van der Waals surface area contributed by atoms with Crippen LogP contribution in [0.4, 0.5) is 9.59 Å². The van der Waals surface area contributed by atoms with Crippen LogP contribution in [0.3, 0.4) is 0 Å². The van der Waals surface area contributed by atoms with E-state index in [9.17, 15) is 19.2 Å². The van der Waals surface area contributed by atoms with Crippen LogP contribution in [0, 0.1) is 0 Å². The Morgan fingerprint density at radius 3 is 1.98 bits per heavy atom. The van der Waals surface area contributed by atoms with Crippen LogP contribution in [0.2, 0.25) is 0 Å². The van der Waals surface area contributed by atoms with Crippen molar-refractivity contribution in [2.45, 2.75) is 105 Å². The number of aliphatic imine (C=N–C) groups is 2. The molecule has 50 heavy (non-hydrogen) atoms. The molecule has 0 radical (unpaired) electrons. The van der Waals surface area contributed by atoms with Gasteiger partial charge in [0.1, 0.15) is 35.0 Å². The first-order valence-electron chi connectivity index (χ1n) is 16.8. The third kappa shape index (κ3) is 8.65. The zero-order valence-corrected chi connectivity index (χ0v) is 30.4. The second kappa shape index (κ2) is 13.8. The number of benzene rings is 1. The quantitative estimate of drug-likeness (QED) is 0.298. The minimum Gasteiger partial charge on any atom is -0.479 e. The van der Waals surface area contributed by atoms with E-state index in [1.54, 1.807) is 37.9 Å². The summed E-state index contributed by atoms with van der Waals surface area (Å²) in [5.74, 6) is 0.382. The molecule has 266 valence electrons. The van der Waals surface area contributed by atoms with Gasteiger partial charge < -0.3 is 18.9 Å². The van der Waals surface area contributed by atoms with Crippen LogP contribution in [-0.4, -0.2) is 81.8 Å². The molecule has 3 atom stereocenters. The maximum atomic E-state index is 13.9. The molecular formula is C38H47N4O8+. The van der Waals surface area contributed by atoms with Gasteiger partial charge >= 0.3 is 12.2 Å². The van der Waals surface area contributed by atoms with Crippen LogP contribution in [0.1, 0.15) is 79.4 Å². The Balaban J connectivity index is 1.42. The van der Waals surface area contributed by atoms with Gasteiger partial charge in [-0.1, -0.05) is 24.3 Å². The van der Waals surface area contributed by atoms with Crippen LogP contribution in [0.5, 0.6) is 0 Å². The number of hydrogen-bond acceptors (Lipinski definition) is 8. The predicted octanol–water partition coefficient (Wildman–Crippen LogP) is 6.46. The van der Waals surface area contributed by atoms with Crippen molar-refractivity contribution in [2.24, 2.45) is 9.98 Å². The van der Waals surface area contributed by atoms with Crippen molar-refractivity contribution in [3.63, 3.8) is 0 Å². The number of amides is 4. The van der Waals surface area contributed by atoms with Gasteiger partial charge in [0.2, 0.25) is 0 Å². The Labute approximate surface area is 293 Å². The summed E-state index contributed by atoms with van der Waals surface area (Å²) in [7, 11) is 1.79. The average molecular weight is 688 g/mol. The smallest absolute Gasteiger partial charge is 0.479 e. The number of carbonyl (C=O) groups is 4. The Kier molecular flexibility index (Phi) is 10.1. The van der Waals surface area contributed by atoms with Crippen molar-refractivity contribution in [1.82, 2.24) is 4.90 Å². The molecule has 2 aliphatic carbocycles. The van der Waals surface area contributed by atoms with Crippen molar-refractivity contribution in [3.05, 3.63) is 82.5 Å². The van der Waals surface area contributed by atoms with Gasteiger partial charge in [-0.05, 0) is 90.8 Å². The van der Waals surface area contributed by atoms with Crippen LogP contribution in [-0.2, 0) is 41.6 Å². The van der Waals surface area contributed by atoms with Gasteiger partial charge in [0.25, 0.3) is 11.8 Å². The van der Waals surface area contributed by atoms with E-state index in [1.165, 1.54) is 0 Å². The van der Waals surface area contributed by atoms with Gasteiger partial charge in [0.05, 0.1) is 24.9 Å². The van der Waals surface area contributed by atoms with Crippen molar-refractivity contribution < 1.29 is 42.6 Å². The van der Waals surface area contributed by atoms with E-state index in [0.29, 0.717) is 35.1 Å². The van der Waals surface area contributed by atoms with Gasteiger partial charge in [-0.3, -0.25) is 14.5 Å². The summed E-state index contributed by atoms with van der Waals surface area (Å²) in [5, 5.41) is 0. The Morgan fingerprint density at radius 2 is 1.38 bits per heavy atom. The van der Waals surface area contributed by atoms with Gasteiger partial charge in [-0.2, -0.15) is 9.28 Å². The molecule has 12 heteroatoms. The molecule has 4 amide bonds. The fourth-order valence-electron chi connectivity index (χ4n) is 5.83. The molecule has 2 heterocycles. The summed E-state index contributed by atoms with van der Waals surface area (Å²) < 4.78 is 22.9. The highest BCUT2D eigenvalue weighted by Gasteiger charge is 2.43. The lowest BCUT2D eigenvalue weighted by molar-refractivity contribution is -0.814. The number of quaternary nitrogens is 1. The number of allylic oxidation sites excluding steroid dienone is 7. The normalized spacial score (nSPS) is 21.6. The first-order valence-corrected chi connectivity index (χ1v) is 16.8. The molecule has 0 bridgehead atoms. The Hall–Kier alpha value is -4.84. The zero-order valence-electron chi connectivity index (χ0n) is 30.4. The highest BCUT2D eigenvalue weighted by atomic mass is 16.6. The molecule has 0 aromatic heterocycles. The average Bonchev–Trinajstić information content (AvgIpc) is 3.00. The maximum absolute atomic E-state index is 13.9. The standard InChI is InChI=1S/C38H47N4O8/c1-23-33(43)39-29-18-26(13-15-31(29)47-23)21-41(35(45)49-37(3,4)5)20-25-11-10-12-27(17-25)22-42(9,36(46)50-38(6,7)8)28-14-16-32-30(19-28)40-34(44)24(2)48-32/h10-17,23-24H,18-22H2,1-9H3/q+1. The molecule has 0 saturated carbocycles. The summed E-state index contributed by atoms with van der Waals surface area (Å²) in [5.41, 5.74) is 2.76. The molecule has 0 saturated heterocycles. The third-order valence-electron chi connectivity index (χ3n) is 8.34. The molecule has 1 aromatic rings. The maximum Gasteiger partial charge on any atom is 0.521 e. The largest absolute Gasteiger partial charge is 0.521 e. The van der Waals surface area contributed by atoms with Crippen LogP contribution >= 0.6 is 0 Å². The number of fused-ring (bicyclic) bond motifs is 2. The summed E-state index contributed by atoms with van der Waals surface area (Å²) in [6, 6.07) is 7.69. The first-order chi connectivity index (χ1) is 23.3. The van der Waals surface area contributed by atoms with Crippen molar-refractivity contribution in [2.75, 3.05) is 13.6 Å². The summed E-state index contributed by atoms with van der Waals surface area (Å²) >= 11 is 0. The zero-order chi connectivity index (χ0) is 36.6. The number of rotatable bonds is 7. The monoisotopic (exact) mass is 687 g/mol. The van der Waals surface area contributed by atoms with Crippen molar-refractivity contribution in [1.29, 1.82) is 0 Å². The molecule has 4 aliphatic rings. The third-order valence-corrected chi connectivity index (χ3v) is 8.34. The van der Waals surface area contributed by atoms with E-state index >= 15 is 0 Å². The SMILES string of the molecule is CC1OC2=CC=C(CN(Cc3cccc(C[N+](C)(C(=O)OC(C)(C)C)C4=CC=C5OC(C)C(=O)N=C5C4)c3)C(=O)OC(C)(C)C)CC2=NC1=O. The molecule has 2 aliphatic heterocycles. The van der Waals surface area contributed by atoms with Gasteiger partial charge in [0, 0.05) is 25.1 Å². The summed E-state index contributed by atoms with van der Waals surface area (Å²) in [6.45, 7) is 14.9. The van der Waals surface area contributed by atoms with Gasteiger partial charge in [-0.25, -0.2) is 14.8 Å². The fourth-order valence-corrected chi connectivity index (χ4v) is 5.83. The topological polar surface area (TPSA) is 133 Å². The summed E-state index contributed by atoms with van der Waals surface area (Å²) in [4.78, 5) is 62.1. The highest BCUT2D eigenvalue weighted by molar-refractivity contribution is 6.10. The number of hydrogen-bond donors (Lipinski definition) is 0. The molecule has 12 nitrogen and oxygen atoms in total. The second-order valence-corrected chi connectivity index (χ2v) is 15.2. The van der Waals surface area contributed by atoms with E-state index in [1.807, 2.05) is 78.0 Å². The van der Waals surface area contributed by atoms with E-state index in [-0.39, 0.29) is 42.4 Å². The van der Waals surface area contributed by atoms with Crippen LogP contribution in [0.15, 0.2) is 81.3 Å². The van der Waals surface area contributed by atoms with Crippen LogP contribution in [0.25, 0.3) is 0 Å². The lowest BCUT2D eigenvalue weighted by Crippen LogP contribution is -2.51. The molecular weight excluding hydrogens is 640 g/mol. The minimum atomic E-state index is -0.746. The lowest BCUT2D eigenvalue weighted by Gasteiger charge is -2.36. The molecule has 3 unspecified atom stereocenters. The Morgan fingerprint density at radius 1 is 0.820 bits per heavy atom. The van der Waals surface area contributed by atoms with E-state index in [2.05, 4.69) is 9.98 Å². The number of carbonyl (C=O) groups excluding carboxylic acids is 4. The fraction of sp³-hybridized carbons (Fsp3) is 0.474. The molecule has 0 spiro atoms. The van der Waals surface area contributed by atoms with Gasteiger partial charge in [-0.15, -0.1) is 0 Å². The minimum absolute atomic E-state index is 0.217. The summed E-state index contributed by atoms with van der Waals surface area (Å²) in [6.07, 6.45) is 5.60. The van der Waals surface area contributed by atoms with E-state index in [0.717, 1.165) is 16.7 Å². The number of ether oxygens (including phenoxy) is 4. The van der Waals surface area contributed by atoms with Crippen LogP contribution < -0.4 is 0 Å². The number of nitrogens with zero attached hydrogens (tertiary/aromatic N) is 4. The molecule has 5 rings (SSSR count). The van der Waals surface area contributed by atoms with Crippen molar-refractivity contribution >= 4 is 35.4 Å². The van der Waals surface area contributed by atoms with Gasteiger partial charge in [0.15, 0.2) is 12.2 Å². The molecule has 0 fully saturated rings. The molecule has 1 aromatic carbocycles. The van der Waals surface area contributed by atoms with Crippen molar-refractivity contribution in [3.8, 4) is 0 Å². The highest BCUT2D eigenvalue weighted by Crippen LogP contribution is 2.33. The second-order valence-electron chi connectivity index (χ2n) is 15.2. The lowest BCUT2D eigenvalue weighted by atomic mass is 9.99. The predicted molar refractivity (Wildman–Crippen MR) is 187 cm³/mol. The van der Waals surface area contributed by atoms with E-state index in [4.69, 9.17) is 18.9 Å². The van der Waals surface area contributed by atoms with E-state index < -0.39 is 35.6 Å². The first kappa shape index (κ1) is 36.4. The Bertz CT molecular complexity index is 1790.